The number of carbonyl (C=O) groups excluding carboxylic acids is 1. The van der Waals surface area contributed by atoms with Gasteiger partial charge in [-0.2, -0.15) is 0 Å². The highest BCUT2D eigenvalue weighted by Crippen LogP contribution is 2.24. The van der Waals surface area contributed by atoms with E-state index in [9.17, 15) is 4.79 Å². The molecule has 0 aromatic heterocycles. The Kier molecular flexibility index (Phi) is 5.01. The molecule has 0 aromatic carbocycles. The van der Waals surface area contributed by atoms with Gasteiger partial charge in [-0.25, -0.2) is 0 Å². The van der Waals surface area contributed by atoms with Crippen molar-refractivity contribution in [3.8, 4) is 0 Å². The molecule has 13 heavy (non-hydrogen) atoms. The second-order valence-electron chi connectivity index (χ2n) is 3.46. The van der Waals surface area contributed by atoms with Crippen LogP contribution >= 0.6 is 22.6 Å². The normalized spacial score (nSPS) is 28.5. The zero-order valence-electron chi connectivity index (χ0n) is 7.88. The van der Waals surface area contributed by atoms with Crippen LogP contribution in [0.2, 0.25) is 0 Å². The van der Waals surface area contributed by atoms with Crippen molar-refractivity contribution in [2.75, 3.05) is 13.7 Å². The van der Waals surface area contributed by atoms with Crippen molar-refractivity contribution in [2.45, 2.75) is 35.6 Å². The van der Waals surface area contributed by atoms with Crippen LogP contribution in [-0.2, 0) is 9.53 Å². The molecule has 1 N–H and O–H groups in total. The Labute approximate surface area is 92.7 Å². The molecule has 1 saturated carbocycles. The Morgan fingerprint density at radius 3 is 3.00 bits per heavy atom. The third-order valence-electron chi connectivity index (χ3n) is 2.25. The minimum Gasteiger partial charge on any atom is -0.375 e. The second kappa shape index (κ2) is 5.80. The smallest absolute Gasteiger partial charge is 0.246 e. The molecule has 1 fully saturated rings. The van der Waals surface area contributed by atoms with Crippen LogP contribution < -0.4 is 5.32 Å². The molecule has 1 aliphatic carbocycles. The summed E-state index contributed by atoms with van der Waals surface area (Å²) in [5.41, 5.74) is 0. The number of carbonyl (C=O) groups is 1. The number of methoxy groups -OCH3 is 1. The zero-order chi connectivity index (χ0) is 9.68. The van der Waals surface area contributed by atoms with Gasteiger partial charge in [0, 0.05) is 17.1 Å². The minimum atomic E-state index is 0.0120. The van der Waals surface area contributed by atoms with E-state index in [0.717, 1.165) is 16.8 Å². The van der Waals surface area contributed by atoms with Crippen LogP contribution in [0.4, 0.5) is 0 Å². The van der Waals surface area contributed by atoms with Crippen LogP contribution in [0.3, 0.4) is 0 Å². The summed E-state index contributed by atoms with van der Waals surface area (Å²) in [6.07, 6.45) is 4.74. The fourth-order valence-electron chi connectivity index (χ4n) is 1.66. The first kappa shape index (κ1) is 11.2. The third kappa shape index (κ3) is 4.26. The fraction of sp³-hybridized carbons (Fsp3) is 0.889. The van der Waals surface area contributed by atoms with E-state index in [4.69, 9.17) is 4.74 Å². The van der Waals surface area contributed by atoms with E-state index in [0.29, 0.717) is 6.04 Å². The lowest BCUT2D eigenvalue weighted by molar-refractivity contribution is -0.125. The maximum absolute atomic E-state index is 11.2. The van der Waals surface area contributed by atoms with Crippen molar-refractivity contribution in [2.24, 2.45) is 0 Å². The molecule has 0 spiro atoms. The van der Waals surface area contributed by atoms with E-state index < -0.39 is 0 Å². The van der Waals surface area contributed by atoms with Crippen LogP contribution in [0.25, 0.3) is 0 Å². The van der Waals surface area contributed by atoms with Gasteiger partial charge in [-0.3, -0.25) is 4.79 Å². The Morgan fingerprint density at radius 1 is 1.62 bits per heavy atom. The van der Waals surface area contributed by atoms with Gasteiger partial charge in [0.1, 0.15) is 6.61 Å². The molecule has 1 amide bonds. The fourth-order valence-corrected chi connectivity index (χ4v) is 2.72. The molecule has 4 heteroatoms. The quantitative estimate of drug-likeness (QED) is 0.633. The molecule has 1 aliphatic rings. The van der Waals surface area contributed by atoms with Crippen LogP contribution in [-0.4, -0.2) is 29.6 Å². The van der Waals surface area contributed by atoms with Crippen molar-refractivity contribution in [3.05, 3.63) is 0 Å². The van der Waals surface area contributed by atoms with Crippen LogP contribution in [0.5, 0.6) is 0 Å². The maximum Gasteiger partial charge on any atom is 0.246 e. The number of rotatable bonds is 3. The van der Waals surface area contributed by atoms with Gasteiger partial charge in [0.2, 0.25) is 5.91 Å². The first-order chi connectivity index (χ1) is 6.22. The molecular formula is C9H16INO2. The Balaban J connectivity index is 2.23. The van der Waals surface area contributed by atoms with E-state index in [1.165, 1.54) is 12.8 Å². The van der Waals surface area contributed by atoms with Crippen molar-refractivity contribution in [1.82, 2.24) is 5.32 Å². The summed E-state index contributed by atoms with van der Waals surface area (Å²) in [4.78, 5) is 11.2. The molecule has 0 aromatic rings. The number of hydrogen-bond donors (Lipinski definition) is 1. The van der Waals surface area contributed by atoms with Gasteiger partial charge in [0.15, 0.2) is 0 Å². The number of amides is 1. The lowest BCUT2D eigenvalue weighted by atomic mass is 9.95. The topological polar surface area (TPSA) is 38.3 Å². The average molecular weight is 297 g/mol. The molecule has 0 aliphatic heterocycles. The summed E-state index contributed by atoms with van der Waals surface area (Å²) in [6, 6.07) is 0.373. The Hall–Kier alpha value is 0.160. The molecule has 0 heterocycles. The van der Waals surface area contributed by atoms with Crippen LogP contribution in [0.15, 0.2) is 0 Å². The highest BCUT2D eigenvalue weighted by molar-refractivity contribution is 14.1. The highest BCUT2D eigenvalue weighted by atomic mass is 127. The molecule has 76 valence electrons. The number of nitrogens with one attached hydrogen (secondary N) is 1. The van der Waals surface area contributed by atoms with E-state index in [-0.39, 0.29) is 12.5 Å². The molecule has 0 radical (unpaired) electrons. The lowest BCUT2D eigenvalue weighted by Gasteiger charge is -2.26. The van der Waals surface area contributed by atoms with Crippen molar-refractivity contribution < 1.29 is 9.53 Å². The van der Waals surface area contributed by atoms with E-state index in [1.807, 2.05) is 0 Å². The van der Waals surface area contributed by atoms with Gasteiger partial charge in [-0.1, -0.05) is 29.0 Å². The molecule has 0 bridgehead atoms. The maximum atomic E-state index is 11.2. The van der Waals surface area contributed by atoms with Gasteiger partial charge < -0.3 is 10.1 Å². The van der Waals surface area contributed by atoms with Crippen LogP contribution in [0.1, 0.15) is 25.7 Å². The van der Waals surface area contributed by atoms with E-state index in [1.54, 1.807) is 7.11 Å². The predicted octanol–water partition coefficient (Wildman–Crippen LogP) is 1.50. The lowest BCUT2D eigenvalue weighted by Crippen LogP contribution is -2.40. The summed E-state index contributed by atoms with van der Waals surface area (Å²) < 4.78 is 5.48. The summed E-state index contributed by atoms with van der Waals surface area (Å²) in [5, 5.41) is 2.98. The minimum absolute atomic E-state index is 0.0120. The Bertz CT molecular complexity index is 175. The SMILES string of the molecule is COCC(=O)NC1CCCC(I)C1. The van der Waals surface area contributed by atoms with Gasteiger partial charge in [0.05, 0.1) is 0 Å². The molecule has 2 unspecified atom stereocenters. The number of hydrogen-bond acceptors (Lipinski definition) is 2. The van der Waals surface area contributed by atoms with Gasteiger partial charge >= 0.3 is 0 Å². The largest absolute Gasteiger partial charge is 0.375 e. The zero-order valence-corrected chi connectivity index (χ0v) is 10.0. The average Bonchev–Trinajstić information content (AvgIpc) is 2.04. The third-order valence-corrected chi connectivity index (χ3v) is 3.38. The molecular weight excluding hydrogens is 281 g/mol. The predicted molar refractivity (Wildman–Crippen MR) is 60.1 cm³/mol. The summed E-state index contributed by atoms with van der Waals surface area (Å²) in [5.74, 6) is 0.0120. The van der Waals surface area contributed by atoms with Crippen molar-refractivity contribution in [3.63, 3.8) is 0 Å². The number of ether oxygens (including phenoxy) is 1. The summed E-state index contributed by atoms with van der Waals surface area (Å²) >= 11 is 2.46. The van der Waals surface area contributed by atoms with Crippen molar-refractivity contribution >= 4 is 28.5 Å². The van der Waals surface area contributed by atoms with Gasteiger partial charge in [-0.15, -0.1) is 0 Å². The van der Waals surface area contributed by atoms with E-state index in [2.05, 4.69) is 27.9 Å². The molecule has 0 saturated heterocycles. The van der Waals surface area contributed by atoms with E-state index >= 15 is 0 Å². The molecule has 2 atom stereocenters. The highest BCUT2D eigenvalue weighted by Gasteiger charge is 2.20. The summed E-state index contributed by atoms with van der Waals surface area (Å²) in [6.45, 7) is 0.183. The molecule has 3 nitrogen and oxygen atoms in total. The van der Waals surface area contributed by atoms with Crippen molar-refractivity contribution in [1.29, 1.82) is 0 Å². The van der Waals surface area contributed by atoms with Crippen LogP contribution in [0, 0.1) is 0 Å². The summed E-state index contributed by atoms with van der Waals surface area (Å²) in [7, 11) is 1.54. The standard InChI is InChI=1S/C9H16INO2/c1-13-6-9(12)11-8-4-2-3-7(10)5-8/h7-8H,2-6H2,1H3,(H,11,12). The molecule has 1 rings (SSSR count). The Morgan fingerprint density at radius 2 is 2.38 bits per heavy atom. The number of alkyl halides is 1. The van der Waals surface area contributed by atoms with Gasteiger partial charge in [0.25, 0.3) is 0 Å². The second-order valence-corrected chi connectivity index (χ2v) is 5.22. The monoisotopic (exact) mass is 297 g/mol. The first-order valence-corrected chi connectivity index (χ1v) is 5.89. The number of halogens is 1. The van der Waals surface area contributed by atoms with Gasteiger partial charge in [-0.05, 0) is 19.3 Å². The first-order valence-electron chi connectivity index (χ1n) is 4.64.